The lowest BCUT2D eigenvalue weighted by Gasteiger charge is -2.17. The molecule has 6 heteroatoms. The number of aromatic nitrogens is 2. The van der Waals surface area contributed by atoms with Gasteiger partial charge < -0.3 is 9.64 Å². The Labute approximate surface area is 163 Å². The molecule has 1 aliphatic rings. The number of rotatable bonds is 6. The average molecular weight is 379 g/mol. The third-order valence-corrected chi connectivity index (χ3v) is 4.98. The summed E-state index contributed by atoms with van der Waals surface area (Å²) in [7, 11) is 3.30. The molecule has 1 N–H and O–H groups in total. The molecule has 5 nitrogen and oxygen atoms in total. The van der Waals surface area contributed by atoms with Gasteiger partial charge in [0.1, 0.15) is 11.6 Å². The van der Waals surface area contributed by atoms with Gasteiger partial charge in [-0.2, -0.15) is 5.10 Å². The lowest BCUT2D eigenvalue weighted by Crippen LogP contribution is -2.26. The number of amides is 1. The minimum Gasteiger partial charge on any atom is -0.496 e. The largest absolute Gasteiger partial charge is 0.496 e. The number of hydrogen-bond donors (Lipinski definition) is 1. The van der Waals surface area contributed by atoms with Crippen molar-refractivity contribution in [2.45, 2.75) is 25.3 Å². The topological polar surface area (TPSA) is 58.2 Å². The maximum absolute atomic E-state index is 13.7. The predicted octanol–water partition coefficient (Wildman–Crippen LogP) is 4.37. The minimum absolute atomic E-state index is 0.111. The van der Waals surface area contributed by atoms with Crippen LogP contribution in [0, 0.1) is 5.82 Å². The van der Waals surface area contributed by atoms with Gasteiger partial charge in [-0.1, -0.05) is 12.1 Å². The van der Waals surface area contributed by atoms with E-state index in [-0.39, 0.29) is 11.7 Å². The van der Waals surface area contributed by atoms with Crippen molar-refractivity contribution < 1.29 is 13.9 Å². The smallest absolute Gasteiger partial charge is 0.253 e. The summed E-state index contributed by atoms with van der Waals surface area (Å²) >= 11 is 0. The number of halogens is 1. The lowest BCUT2D eigenvalue weighted by molar-refractivity contribution is 0.0783. The first kappa shape index (κ1) is 18.2. The number of benzene rings is 2. The molecule has 0 bridgehead atoms. The first-order valence-electron chi connectivity index (χ1n) is 9.29. The van der Waals surface area contributed by atoms with Crippen molar-refractivity contribution in [3.05, 3.63) is 71.3 Å². The molecule has 0 unspecified atom stereocenters. The van der Waals surface area contributed by atoms with E-state index in [0.717, 1.165) is 17.0 Å². The van der Waals surface area contributed by atoms with Crippen LogP contribution in [0.25, 0.3) is 11.1 Å². The molecule has 1 aromatic heterocycles. The van der Waals surface area contributed by atoms with Gasteiger partial charge in [0.05, 0.1) is 25.0 Å². The van der Waals surface area contributed by atoms with Crippen LogP contribution in [0.3, 0.4) is 0 Å². The lowest BCUT2D eigenvalue weighted by atomic mass is 10.0. The van der Waals surface area contributed by atoms with Gasteiger partial charge in [0.2, 0.25) is 0 Å². The third-order valence-electron chi connectivity index (χ3n) is 4.98. The van der Waals surface area contributed by atoms with Crippen LogP contribution in [-0.2, 0) is 6.54 Å². The fraction of sp³-hybridized carbons (Fsp3) is 0.273. The van der Waals surface area contributed by atoms with Gasteiger partial charge >= 0.3 is 0 Å². The van der Waals surface area contributed by atoms with Crippen LogP contribution in [0.5, 0.6) is 5.75 Å². The Hall–Kier alpha value is -3.15. The second-order valence-corrected chi connectivity index (χ2v) is 7.18. The summed E-state index contributed by atoms with van der Waals surface area (Å²) < 4.78 is 19.1. The van der Waals surface area contributed by atoms with E-state index < -0.39 is 0 Å². The molecule has 0 spiro atoms. The van der Waals surface area contributed by atoms with E-state index in [1.165, 1.54) is 25.0 Å². The van der Waals surface area contributed by atoms with Crippen LogP contribution >= 0.6 is 0 Å². The zero-order valence-corrected chi connectivity index (χ0v) is 15.9. The molecular weight excluding hydrogens is 357 g/mol. The van der Waals surface area contributed by atoms with Crippen molar-refractivity contribution in [1.29, 1.82) is 0 Å². The summed E-state index contributed by atoms with van der Waals surface area (Å²) in [5.74, 6) is 0.670. The number of carbonyl (C=O) groups is 1. The molecule has 0 aliphatic heterocycles. The van der Waals surface area contributed by atoms with E-state index in [1.807, 2.05) is 12.1 Å². The standard InChI is InChI=1S/C22H22FN3O2/c1-26(13-18-12-20(25-24-18)14-6-7-14)22(27)16-5-3-4-15(10-16)19-11-17(23)8-9-21(19)28-2/h3-5,8-12,14H,6-7,13H2,1-2H3,(H,24,25). The van der Waals surface area contributed by atoms with Gasteiger partial charge in [-0.15, -0.1) is 0 Å². The second kappa shape index (κ2) is 7.46. The Morgan fingerprint density at radius 1 is 1.25 bits per heavy atom. The number of nitrogens with zero attached hydrogens (tertiary/aromatic N) is 2. The fourth-order valence-electron chi connectivity index (χ4n) is 3.32. The molecule has 1 aliphatic carbocycles. The molecule has 28 heavy (non-hydrogen) atoms. The van der Waals surface area contributed by atoms with Crippen molar-refractivity contribution in [3.8, 4) is 16.9 Å². The van der Waals surface area contributed by atoms with E-state index in [0.29, 0.717) is 29.3 Å². The molecule has 1 amide bonds. The Morgan fingerprint density at radius 3 is 2.82 bits per heavy atom. The predicted molar refractivity (Wildman–Crippen MR) is 105 cm³/mol. The molecule has 2 aromatic carbocycles. The van der Waals surface area contributed by atoms with Crippen LogP contribution in [0.15, 0.2) is 48.5 Å². The monoisotopic (exact) mass is 379 g/mol. The number of hydrogen-bond acceptors (Lipinski definition) is 3. The van der Waals surface area contributed by atoms with E-state index in [2.05, 4.69) is 10.2 Å². The highest BCUT2D eigenvalue weighted by Gasteiger charge is 2.26. The number of ether oxygens (including phenoxy) is 1. The number of methoxy groups -OCH3 is 1. The summed E-state index contributed by atoms with van der Waals surface area (Å²) in [6.45, 7) is 0.450. The molecule has 1 fully saturated rings. The Balaban J connectivity index is 1.54. The molecule has 1 saturated carbocycles. The van der Waals surface area contributed by atoms with E-state index in [4.69, 9.17) is 4.74 Å². The van der Waals surface area contributed by atoms with Gasteiger partial charge in [-0.25, -0.2) is 4.39 Å². The molecule has 3 aromatic rings. The zero-order chi connectivity index (χ0) is 19.7. The molecule has 0 atom stereocenters. The number of nitrogens with one attached hydrogen (secondary N) is 1. The molecular formula is C22H22FN3O2. The highest BCUT2D eigenvalue weighted by molar-refractivity contribution is 5.95. The fourth-order valence-corrected chi connectivity index (χ4v) is 3.32. The molecule has 4 rings (SSSR count). The summed E-state index contributed by atoms with van der Waals surface area (Å²) in [5.41, 5.74) is 3.88. The minimum atomic E-state index is -0.352. The molecule has 0 radical (unpaired) electrons. The average Bonchev–Trinajstić information content (AvgIpc) is 3.46. The van der Waals surface area contributed by atoms with Crippen molar-refractivity contribution in [2.24, 2.45) is 0 Å². The van der Waals surface area contributed by atoms with Gasteiger partial charge in [-0.05, 0) is 54.8 Å². The van der Waals surface area contributed by atoms with E-state index >= 15 is 0 Å². The van der Waals surface area contributed by atoms with Crippen molar-refractivity contribution in [2.75, 3.05) is 14.2 Å². The maximum Gasteiger partial charge on any atom is 0.253 e. The van der Waals surface area contributed by atoms with Crippen LogP contribution in [0.2, 0.25) is 0 Å². The van der Waals surface area contributed by atoms with Gasteiger partial charge in [-0.3, -0.25) is 9.89 Å². The Kier molecular flexibility index (Phi) is 4.86. The van der Waals surface area contributed by atoms with Crippen molar-refractivity contribution in [1.82, 2.24) is 15.1 Å². The van der Waals surface area contributed by atoms with Gasteiger partial charge in [0, 0.05) is 24.1 Å². The zero-order valence-electron chi connectivity index (χ0n) is 15.9. The molecule has 144 valence electrons. The van der Waals surface area contributed by atoms with Crippen LogP contribution in [0.4, 0.5) is 4.39 Å². The first-order valence-corrected chi connectivity index (χ1v) is 9.29. The van der Waals surface area contributed by atoms with E-state index in [1.54, 1.807) is 43.3 Å². The molecule has 1 heterocycles. The Bertz CT molecular complexity index is 1010. The van der Waals surface area contributed by atoms with Crippen LogP contribution < -0.4 is 4.74 Å². The Morgan fingerprint density at radius 2 is 2.07 bits per heavy atom. The normalized spacial score (nSPS) is 13.4. The third kappa shape index (κ3) is 3.76. The van der Waals surface area contributed by atoms with E-state index in [9.17, 15) is 9.18 Å². The summed E-state index contributed by atoms with van der Waals surface area (Å²) in [5, 5.41) is 7.35. The van der Waals surface area contributed by atoms with Gasteiger partial charge in [0.25, 0.3) is 5.91 Å². The highest BCUT2D eigenvalue weighted by Crippen LogP contribution is 2.39. The highest BCUT2D eigenvalue weighted by atomic mass is 19.1. The number of carbonyl (C=O) groups excluding carboxylic acids is 1. The number of H-pyrrole nitrogens is 1. The molecule has 0 saturated heterocycles. The summed E-state index contributed by atoms with van der Waals surface area (Å²) in [6, 6.07) is 13.5. The quantitative estimate of drug-likeness (QED) is 0.692. The summed E-state index contributed by atoms with van der Waals surface area (Å²) in [4.78, 5) is 14.5. The number of aromatic amines is 1. The second-order valence-electron chi connectivity index (χ2n) is 7.18. The maximum atomic E-state index is 13.7. The first-order chi connectivity index (χ1) is 13.5. The summed E-state index contributed by atoms with van der Waals surface area (Å²) in [6.07, 6.45) is 2.38. The van der Waals surface area contributed by atoms with Crippen molar-refractivity contribution in [3.63, 3.8) is 0 Å². The van der Waals surface area contributed by atoms with Gasteiger partial charge in [0.15, 0.2) is 0 Å². The van der Waals surface area contributed by atoms with Crippen LogP contribution in [0.1, 0.15) is 40.5 Å². The van der Waals surface area contributed by atoms with Crippen LogP contribution in [-0.4, -0.2) is 35.2 Å². The SMILES string of the molecule is COc1ccc(F)cc1-c1cccc(C(=O)N(C)Cc2cc(C3CC3)n[nH]2)c1. The van der Waals surface area contributed by atoms with Crippen molar-refractivity contribution >= 4 is 5.91 Å².